The zero-order chi connectivity index (χ0) is 71.9. The number of unbranched alkanes of at least 4 members (excludes halogenated alkanes) is 9. The molecule has 3 fully saturated rings. The molecule has 18 atom stereocenters. The third-order valence-electron chi connectivity index (χ3n) is 15.1. The third kappa shape index (κ3) is 35.8. The van der Waals surface area contributed by atoms with E-state index in [0.29, 0.717) is 77.0 Å². The zero-order valence-corrected chi connectivity index (χ0v) is 58.6. The van der Waals surface area contributed by atoms with Crippen molar-refractivity contribution in [1.29, 1.82) is 0 Å². The number of phosphoric acid groups is 3. The Morgan fingerprint density at radius 1 is 0.371 bits per heavy atom. The smallest absolute Gasteiger partial charge is 0.394 e. The van der Waals surface area contributed by atoms with Crippen molar-refractivity contribution in [3.8, 4) is 0 Å². The number of hydrogen-bond donors (Lipinski definition) is 15. The van der Waals surface area contributed by atoms with Gasteiger partial charge in [-0.25, -0.2) is 13.7 Å². The highest BCUT2D eigenvalue weighted by Crippen LogP contribution is 2.45. The molecule has 0 bridgehead atoms. The second-order valence-corrected chi connectivity index (χ2v) is 27.8. The van der Waals surface area contributed by atoms with Crippen LogP contribution in [-0.2, 0) is 103 Å². The molecule has 0 saturated carbocycles. The zero-order valence-electron chi connectivity index (χ0n) is 55.9. The minimum absolute atomic E-state index is 0.0145. The van der Waals surface area contributed by atoms with E-state index >= 15 is 0 Å². The van der Waals surface area contributed by atoms with Crippen LogP contribution in [0.2, 0.25) is 0 Å². The number of amides is 3. The van der Waals surface area contributed by atoms with Crippen molar-refractivity contribution in [2.24, 2.45) is 0 Å². The standard InChI is InChI=1S/C57H110N3O34P3/c1-5-85-57(36-79-21-18-30-89-95(73,74)86-27-15-9-6-12-24-82-54-45(58-39(2)64)51(70)48(67)42(33-61)92-54,37-80-22-19-31-90-96(75,76)87-28-16-10-7-13-25-83-55-46(59-40(3)65)52(71)49(68)43(34-62)93-55)38-81-23-20-32-91-97(77,78)88-29-17-11-8-14-26-84-56-47(60-41(4)66)53(72)50(69)44(35-63)94-56/h42-56,61-63,67-72H,5-38H2,1-4H3,(H,58,64)(H,59,65)(H,60,66)(H,73,74)(H,75,76)(H,77,78)/t42?,43?,44?,45-,46-,47-,48-,49-,50-,51?,52?,53?,54+,55+,56+,57?/m0/s1. The van der Waals surface area contributed by atoms with Gasteiger partial charge in [-0.1, -0.05) is 38.5 Å². The monoisotopic (exact) mass is 1470 g/mol. The molecular formula is C57H110N3O34P3. The molecule has 37 nitrogen and oxygen atoms in total. The average Bonchev–Trinajstić information content (AvgIpc) is 0.837. The van der Waals surface area contributed by atoms with E-state index in [-0.39, 0.29) is 125 Å². The van der Waals surface area contributed by atoms with Gasteiger partial charge in [0.05, 0.1) is 79.3 Å². The molecule has 40 heteroatoms. The van der Waals surface area contributed by atoms with Crippen LogP contribution in [0.15, 0.2) is 0 Å². The van der Waals surface area contributed by atoms with Crippen LogP contribution < -0.4 is 16.0 Å². The summed E-state index contributed by atoms with van der Waals surface area (Å²) in [4.78, 5) is 65.9. The van der Waals surface area contributed by atoms with Crippen LogP contribution in [-0.4, -0.2) is 301 Å². The predicted octanol–water partition coefficient (Wildman–Crippen LogP) is -1.06. The SMILES string of the molecule is CCOC(COCCCOP(=O)(O)OCCCCCCO[C@@H]1OC(CO)[C@H](O)C(O)[C@@H]1NC(C)=O)(COCCCOP(=O)(O)OCCCCCCO[C@@H]1OC(CO)[C@H](O)C(O)[C@@H]1NC(C)=O)COCCCOP(=O)(O)OCCCCCCO[C@@H]1OC(CO)[C@H](O)C(O)[C@@H]1NC(C)=O. The summed E-state index contributed by atoms with van der Waals surface area (Å²) in [5, 5.41) is 98.0. The fourth-order valence-corrected chi connectivity index (χ4v) is 12.5. The van der Waals surface area contributed by atoms with Crippen molar-refractivity contribution < 1.29 is 163 Å². The molecule has 3 amide bonds. The van der Waals surface area contributed by atoms with E-state index in [2.05, 4.69) is 16.0 Å². The number of rotatable bonds is 56. The van der Waals surface area contributed by atoms with E-state index in [0.717, 1.165) is 0 Å². The number of carbonyl (C=O) groups is 3. The minimum Gasteiger partial charge on any atom is -0.394 e. The second kappa shape index (κ2) is 48.8. The first-order valence-electron chi connectivity index (χ1n) is 32.9. The van der Waals surface area contributed by atoms with Gasteiger partial charge >= 0.3 is 23.5 Å². The fraction of sp³-hybridized carbons (Fsp3) is 0.947. The molecule has 3 rings (SSSR count). The van der Waals surface area contributed by atoms with Crippen molar-refractivity contribution in [3.63, 3.8) is 0 Å². The number of hydrogen-bond acceptors (Lipinski definition) is 31. The lowest BCUT2D eigenvalue weighted by Crippen LogP contribution is -2.64. The molecule has 0 aromatic heterocycles. The molecule has 97 heavy (non-hydrogen) atoms. The summed E-state index contributed by atoms with van der Waals surface area (Å²) >= 11 is 0. The Kier molecular flexibility index (Phi) is 44.9. The molecule has 572 valence electrons. The molecule has 3 saturated heterocycles. The normalized spacial score (nSPS) is 28.6. The van der Waals surface area contributed by atoms with Gasteiger partial charge in [0.2, 0.25) is 17.7 Å². The van der Waals surface area contributed by atoms with Crippen molar-refractivity contribution in [2.45, 2.75) is 222 Å². The van der Waals surface area contributed by atoms with Crippen molar-refractivity contribution in [2.75, 3.05) is 126 Å². The first kappa shape index (κ1) is 89.2. The molecule has 9 unspecified atom stereocenters. The molecule has 3 heterocycles. The van der Waals surface area contributed by atoms with Gasteiger partial charge in [-0.15, -0.1) is 0 Å². The number of phosphoric ester groups is 3. The maximum Gasteiger partial charge on any atom is 0.472 e. The van der Waals surface area contributed by atoms with Gasteiger partial charge in [0, 0.05) is 67.0 Å². The van der Waals surface area contributed by atoms with Gasteiger partial charge in [0.25, 0.3) is 0 Å². The van der Waals surface area contributed by atoms with Gasteiger partial charge < -0.3 is 124 Å². The van der Waals surface area contributed by atoms with Gasteiger partial charge in [0.1, 0.15) is 78.7 Å². The highest BCUT2D eigenvalue weighted by atomic mass is 31.2. The summed E-state index contributed by atoms with van der Waals surface area (Å²) in [5.41, 5.74) is -1.25. The number of carbonyl (C=O) groups excluding carboxylic acids is 3. The lowest BCUT2D eigenvalue weighted by Gasteiger charge is -2.42. The first-order valence-corrected chi connectivity index (χ1v) is 37.4. The van der Waals surface area contributed by atoms with Crippen LogP contribution >= 0.6 is 23.5 Å². The maximum absolute atomic E-state index is 12.6. The van der Waals surface area contributed by atoms with Crippen LogP contribution in [0.5, 0.6) is 0 Å². The van der Waals surface area contributed by atoms with Crippen LogP contribution in [0.4, 0.5) is 0 Å². The van der Waals surface area contributed by atoms with Gasteiger partial charge in [-0.3, -0.25) is 41.5 Å². The molecule has 15 N–H and O–H groups in total. The molecule has 3 aliphatic heterocycles. The average molecular weight is 1470 g/mol. The van der Waals surface area contributed by atoms with E-state index < -0.39 is 159 Å². The molecule has 0 radical (unpaired) electrons. The van der Waals surface area contributed by atoms with Crippen molar-refractivity contribution in [3.05, 3.63) is 0 Å². The summed E-state index contributed by atoms with van der Waals surface area (Å²) in [6, 6.07) is -3.21. The van der Waals surface area contributed by atoms with E-state index in [9.17, 15) is 88.7 Å². The Bertz CT molecular complexity index is 2060. The maximum atomic E-state index is 12.6. The molecule has 0 aliphatic carbocycles. The molecular weight excluding hydrogens is 1360 g/mol. The third-order valence-corrected chi connectivity index (χ3v) is 18.1. The largest absolute Gasteiger partial charge is 0.472 e. The van der Waals surface area contributed by atoms with Crippen molar-refractivity contribution >= 4 is 41.2 Å². The van der Waals surface area contributed by atoms with Gasteiger partial charge in [0.15, 0.2) is 18.9 Å². The Morgan fingerprint density at radius 2 is 0.608 bits per heavy atom. The Hall–Kier alpha value is -2.02. The Balaban J connectivity index is 1.40. The lowest BCUT2D eigenvalue weighted by atomic mass is 9.97. The highest BCUT2D eigenvalue weighted by molar-refractivity contribution is 7.47. The second-order valence-electron chi connectivity index (χ2n) is 23.4. The summed E-state index contributed by atoms with van der Waals surface area (Å²) < 4.78 is 126. The van der Waals surface area contributed by atoms with Crippen LogP contribution in [0.1, 0.15) is 124 Å². The summed E-state index contributed by atoms with van der Waals surface area (Å²) in [6.45, 7) is 2.97. The van der Waals surface area contributed by atoms with Gasteiger partial charge in [-0.05, 0) is 64.7 Å². The van der Waals surface area contributed by atoms with Crippen LogP contribution in [0, 0.1) is 0 Å². The summed E-state index contributed by atoms with van der Waals surface area (Å²) in [6.07, 6.45) is -8.76. The molecule has 0 spiro atoms. The predicted molar refractivity (Wildman–Crippen MR) is 335 cm³/mol. The minimum atomic E-state index is -4.45. The first-order chi connectivity index (χ1) is 46.1. The quantitative estimate of drug-likeness (QED) is 0.0255. The fourth-order valence-electron chi connectivity index (χ4n) is 10.1. The van der Waals surface area contributed by atoms with Gasteiger partial charge in [-0.2, -0.15) is 0 Å². The topological polar surface area (TPSA) is 529 Å². The van der Waals surface area contributed by atoms with E-state index in [1.807, 2.05) is 0 Å². The number of nitrogens with one attached hydrogen (secondary N) is 3. The van der Waals surface area contributed by atoms with E-state index in [1.54, 1.807) is 6.92 Å². The number of ether oxygens (including phenoxy) is 10. The Labute approximate surface area is 565 Å². The summed E-state index contributed by atoms with van der Waals surface area (Å²) in [5.74, 6) is -1.45. The lowest BCUT2D eigenvalue weighted by molar-refractivity contribution is -0.270. The summed E-state index contributed by atoms with van der Waals surface area (Å²) in [7, 11) is -13.4. The van der Waals surface area contributed by atoms with E-state index in [4.69, 9.17) is 74.5 Å². The molecule has 0 aromatic carbocycles. The van der Waals surface area contributed by atoms with Crippen LogP contribution in [0.3, 0.4) is 0 Å². The molecule has 0 aromatic rings. The highest BCUT2D eigenvalue weighted by Gasteiger charge is 2.48. The number of aliphatic hydroxyl groups excluding tert-OH is 9. The van der Waals surface area contributed by atoms with Crippen LogP contribution in [0.25, 0.3) is 0 Å². The Morgan fingerprint density at radius 3 is 0.835 bits per heavy atom. The van der Waals surface area contributed by atoms with Crippen molar-refractivity contribution in [1.82, 2.24) is 16.0 Å². The van der Waals surface area contributed by atoms with E-state index in [1.165, 1.54) is 20.8 Å². The number of aliphatic hydroxyl groups is 9. The molecule has 3 aliphatic rings.